The van der Waals surface area contributed by atoms with Gasteiger partial charge in [-0.15, -0.1) is 0 Å². The molecule has 1 aliphatic heterocycles. The first-order chi connectivity index (χ1) is 5.79. The standard InChI is InChI=1S/C10H19NO/c1-3-9-7-5-6-8-11(9)10(12)4-2/h9H,3-8H2,1-2H3/t9-/m1/s1. The average molecular weight is 169 g/mol. The van der Waals surface area contributed by atoms with Crippen LogP contribution in [0.3, 0.4) is 0 Å². The summed E-state index contributed by atoms with van der Waals surface area (Å²) in [6.07, 6.45) is 5.48. The topological polar surface area (TPSA) is 20.3 Å². The maximum atomic E-state index is 11.5. The van der Waals surface area contributed by atoms with Crippen LogP contribution >= 0.6 is 0 Å². The van der Waals surface area contributed by atoms with E-state index in [9.17, 15) is 4.79 Å². The number of likely N-dealkylation sites (tertiary alicyclic amines) is 1. The van der Waals surface area contributed by atoms with Crippen LogP contribution in [0.2, 0.25) is 0 Å². The van der Waals surface area contributed by atoms with Crippen LogP contribution in [0.5, 0.6) is 0 Å². The maximum absolute atomic E-state index is 11.5. The fourth-order valence-corrected chi connectivity index (χ4v) is 1.96. The second kappa shape index (κ2) is 4.48. The monoisotopic (exact) mass is 169 g/mol. The molecule has 0 bridgehead atoms. The fourth-order valence-electron chi connectivity index (χ4n) is 1.96. The number of carbonyl (C=O) groups is 1. The molecule has 0 aromatic rings. The van der Waals surface area contributed by atoms with Crippen LogP contribution in [0.4, 0.5) is 0 Å². The molecule has 1 saturated heterocycles. The number of piperidine rings is 1. The van der Waals surface area contributed by atoms with E-state index in [-0.39, 0.29) is 0 Å². The van der Waals surface area contributed by atoms with Crippen LogP contribution in [0.15, 0.2) is 0 Å². The van der Waals surface area contributed by atoms with Gasteiger partial charge in [-0.2, -0.15) is 0 Å². The lowest BCUT2D eigenvalue weighted by atomic mass is 10.00. The van der Waals surface area contributed by atoms with E-state index in [1.165, 1.54) is 19.3 Å². The Morgan fingerprint density at radius 2 is 2.17 bits per heavy atom. The van der Waals surface area contributed by atoms with Gasteiger partial charge in [-0.25, -0.2) is 0 Å². The molecule has 1 fully saturated rings. The SMILES string of the molecule is CCC(=O)N1CCCC[C@H]1CC. The zero-order valence-corrected chi connectivity index (χ0v) is 8.18. The number of carbonyl (C=O) groups excluding carboxylic acids is 1. The molecule has 1 atom stereocenters. The highest BCUT2D eigenvalue weighted by atomic mass is 16.2. The molecular weight excluding hydrogens is 150 g/mol. The van der Waals surface area contributed by atoms with Gasteiger partial charge < -0.3 is 4.90 Å². The normalized spacial score (nSPS) is 24.2. The van der Waals surface area contributed by atoms with Crippen molar-refractivity contribution in [3.8, 4) is 0 Å². The summed E-state index contributed by atoms with van der Waals surface area (Å²) in [7, 11) is 0. The highest BCUT2D eigenvalue weighted by molar-refractivity contribution is 5.76. The van der Waals surface area contributed by atoms with E-state index in [2.05, 4.69) is 11.8 Å². The molecule has 70 valence electrons. The first-order valence-corrected chi connectivity index (χ1v) is 5.09. The Balaban J connectivity index is 2.52. The van der Waals surface area contributed by atoms with Gasteiger partial charge in [-0.1, -0.05) is 13.8 Å². The van der Waals surface area contributed by atoms with Crippen LogP contribution in [-0.4, -0.2) is 23.4 Å². The van der Waals surface area contributed by atoms with E-state index in [4.69, 9.17) is 0 Å². The van der Waals surface area contributed by atoms with Gasteiger partial charge in [0.05, 0.1) is 0 Å². The third-order valence-electron chi connectivity index (χ3n) is 2.72. The van der Waals surface area contributed by atoms with E-state index in [1.807, 2.05) is 6.92 Å². The lowest BCUT2D eigenvalue weighted by Gasteiger charge is -2.35. The summed E-state index contributed by atoms with van der Waals surface area (Å²) in [5.41, 5.74) is 0. The van der Waals surface area contributed by atoms with Crippen molar-refractivity contribution in [1.29, 1.82) is 0 Å². The van der Waals surface area contributed by atoms with Gasteiger partial charge in [0.2, 0.25) is 5.91 Å². The zero-order valence-electron chi connectivity index (χ0n) is 8.18. The van der Waals surface area contributed by atoms with E-state index >= 15 is 0 Å². The van der Waals surface area contributed by atoms with Crippen molar-refractivity contribution in [1.82, 2.24) is 4.90 Å². The van der Waals surface area contributed by atoms with Crippen molar-refractivity contribution < 1.29 is 4.79 Å². The Bertz CT molecular complexity index is 156. The minimum absolute atomic E-state index is 0.335. The van der Waals surface area contributed by atoms with Gasteiger partial charge in [0.15, 0.2) is 0 Å². The van der Waals surface area contributed by atoms with E-state index in [0.717, 1.165) is 13.0 Å². The number of hydrogen-bond donors (Lipinski definition) is 0. The number of hydrogen-bond acceptors (Lipinski definition) is 1. The number of nitrogens with zero attached hydrogens (tertiary/aromatic N) is 1. The molecule has 1 amide bonds. The molecule has 0 aliphatic carbocycles. The van der Waals surface area contributed by atoms with Crippen LogP contribution < -0.4 is 0 Å². The molecule has 0 saturated carbocycles. The summed E-state index contributed by atoms with van der Waals surface area (Å²) in [5.74, 6) is 0.335. The van der Waals surface area contributed by atoms with E-state index in [0.29, 0.717) is 18.4 Å². The van der Waals surface area contributed by atoms with Crippen LogP contribution in [-0.2, 0) is 4.79 Å². The quantitative estimate of drug-likeness (QED) is 0.620. The Labute approximate surface area is 74.9 Å². The molecule has 12 heavy (non-hydrogen) atoms. The largest absolute Gasteiger partial charge is 0.340 e. The molecule has 2 nitrogen and oxygen atoms in total. The predicted octanol–water partition coefficient (Wildman–Crippen LogP) is 2.19. The number of rotatable bonds is 2. The minimum Gasteiger partial charge on any atom is -0.340 e. The molecule has 0 N–H and O–H groups in total. The average Bonchev–Trinajstić information content (AvgIpc) is 2.16. The third-order valence-corrected chi connectivity index (χ3v) is 2.72. The molecule has 0 unspecified atom stereocenters. The van der Waals surface area contributed by atoms with Gasteiger partial charge in [0.1, 0.15) is 0 Å². The maximum Gasteiger partial charge on any atom is 0.222 e. The lowest BCUT2D eigenvalue weighted by molar-refractivity contribution is -0.134. The van der Waals surface area contributed by atoms with Crippen molar-refractivity contribution in [3.63, 3.8) is 0 Å². The Morgan fingerprint density at radius 1 is 1.42 bits per heavy atom. The summed E-state index contributed by atoms with van der Waals surface area (Å²) in [5, 5.41) is 0. The highest BCUT2D eigenvalue weighted by Crippen LogP contribution is 2.19. The summed E-state index contributed by atoms with van der Waals surface area (Å²) in [6, 6.07) is 0.534. The molecule has 0 aromatic heterocycles. The molecule has 0 aromatic carbocycles. The predicted molar refractivity (Wildman–Crippen MR) is 49.9 cm³/mol. The van der Waals surface area contributed by atoms with E-state index in [1.54, 1.807) is 0 Å². The zero-order chi connectivity index (χ0) is 8.97. The molecule has 0 radical (unpaired) electrons. The van der Waals surface area contributed by atoms with Gasteiger partial charge in [0, 0.05) is 19.0 Å². The third kappa shape index (κ3) is 1.99. The molecule has 1 rings (SSSR count). The highest BCUT2D eigenvalue weighted by Gasteiger charge is 2.23. The summed E-state index contributed by atoms with van der Waals surface area (Å²) in [6.45, 7) is 5.11. The van der Waals surface area contributed by atoms with Crippen molar-refractivity contribution >= 4 is 5.91 Å². The number of amides is 1. The second-order valence-electron chi connectivity index (χ2n) is 3.50. The Morgan fingerprint density at radius 3 is 2.75 bits per heavy atom. The molecule has 0 spiro atoms. The van der Waals surface area contributed by atoms with Crippen molar-refractivity contribution in [2.24, 2.45) is 0 Å². The lowest BCUT2D eigenvalue weighted by Crippen LogP contribution is -2.42. The Kier molecular flexibility index (Phi) is 3.57. The summed E-state index contributed by atoms with van der Waals surface area (Å²) < 4.78 is 0. The first-order valence-electron chi connectivity index (χ1n) is 5.09. The van der Waals surface area contributed by atoms with Crippen molar-refractivity contribution in [2.75, 3.05) is 6.54 Å². The van der Waals surface area contributed by atoms with Gasteiger partial charge in [-0.05, 0) is 25.7 Å². The van der Waals surface area contributed by atoms with Gasteiger partial charge in [-0.3, -0.25) is 4.79 Å². The van der Waals surface area contributed by atoms with E-state index < -0.39 is 0 Å². The summed E-state index contributed by atoms with van der Waals surface area (Å²) in [4.78, 5) is 13.5. The van der Waals surface area contributed by atoms with Gasteiger partial charge in [0.25, 0.3) is 0 Å². The Hall–Kier alpha value is -0.530. The summed E-state index contributed by atoms with van der Waals surface area (Å²) >= 11 is 0. The van der Waals surface area contributed by atoms with Crippen molar-refractivity contribution in [3.05, 3.63) is 0 Å². The second-order valence-corrected chi connectivity index (χ2v) is 3.50. The van der Waals surface area contributed by atoms with Crippen molar-refractivity contribution in [2.45, 2.75) is 52.0 Å². The smallest absolute Gasteiger partial charge is 0.222 e. The van der Waals surface area contributed by atoms with Crippen LogP contribution in [0.1, 0.15) is 46.0 Å². The van der Waals surface area contributed by atoms with Crippen LogP contribution in [0, 0.1) is 0 Å². The first kappa shape index (κ1) is 9.56. The fraction of sp³-hybridized carbons (Fsp3) is 0.900. The van der Waals surface area contributed by atoms with Gasteiger partial charge >= 0.3 is 0 Å². The molecule has 1 aliphatic rings. The molecule has 1 heterocycles. The molecular formula is C10H19NO. The minimum atomic E-state index is 0.335. The molecule has 2 heteroatoms. The van der Waals surface area contributed by atoms with Crippen LogP contribution in [0.25, 0.3) is 0 Å².